The molecular weight excluding hydrogens is 360 g/mol. The van der Waals surface area contributed by atoms with Crippen LogP contribution in [0.3, 0.4) is 0 Å². The van der Waals surface area contributed by atoms with Crippen molar-refractivity contribution in [3.05, 3.63) is 21.4 Å². The van der Waals surface area contributed by atoms with Gasteiger partial charge in [0.05, 0.1) is 33.8 Å². The highest BCUT2D eigenvalue weighted by Gasteiger charge is 2.40. The summed E-state index contributed by atoms with van der Waals surface area (Å²) in [5.74, 6) is 0.583. The molecule has 0 N–H and O–H groups in total. The van der Waals surface area contributed by atoms with Gasteiger partial charge in [-0.15, -0.1) is 0 Å². The summed E-state index contributed by atoms with van der Waals surface area (Å²) in [7, 11) is 3.07. The highest BCUT2D eigenvalue weighted by molar-refractivity contribution is 8.25. The lowest BCUT2D eigenvalue weighted by Gasteiger charge is -2.17. The summed E-state index contributed by atoms with van der Waals surface area (Å²) < 4.78 is 11.6. The van der Waals surface area contributed by atoms with Crippen LogP contribution in [0, 0.1) is 16.7 Å². The molecule has 0 radical (unpaired) electrons. The van der Waals surface area contributed by atoms with Crippen molar-refractivity contribution in [3.8, 4) is 17.6 Å². The number of rotatable bonds is 2. The lowest BCUT2D eigenvalue weighted by molar-refractivity contribution is -0.136. The van der Waals surface area contributed by atoms with Crippen LogP contribution < -0.4 is 9.47 Å². The van der Waals surface area contributed by atoms with Gasteiger partial charge in [0, 0.05) is 11.5 Å². The molecule has 0 saturated carbocycles. The number of carbonyl (C=O) groups excluding carboxylic acids is 1. The zero-order valence-electron chi connectivity index (χ0n) is 14.4. The van der Waals surface area contributed by atoms with Crippen LogP contribution in [-0.4, -0.2) is 25.9 Å². The van der Waals surface area contributed by atoms with Crippen molar-refractivity contribution in [3.63, 3.8) is 0 Å². The number of ether oxygens (including phenoxy) is 2. The van der Waals surface area contributed by atoms with Crippen molar-refractivity contribution in [1.82, 2.24) is 0 Å². The number of nitriles is 1. The molecular formula is C17H16N2O4S2. The van der Waals surface area contributed by atoms with Crippen LogP contribution in [-0.2, 0) is 9.63 Å². The van der Waals surface area contributed by atoms with Crippen molar-refractivity contribution >= 4 is 35.2 Å². The van der Waals surface area contributed by atoms with E-state index in [0.29, 0.717) is 28.3 Å². The second-order valence-electron chi connectivity index (χ2n) is 6.36. The molecule has 25 heavy (non-hydrogen) atoms. The Morgan fingerprint density at radius 2 is 1.88 bits per heavy atom. The first-order chi connectivity index (χ1) is 11.8. The van der Waals surface area contributed by atoms with Crippen LogP contribution in [0.2, 0.25) is 0 Å². The van der Waals surface area contributed by atoms with Gasteiger partial charge in [0.2, 0.25) is 0 Å². The van der Waals surface area contributed by atoms with Crippen molar-refractivity contribution in [2.24, 2.45) is 10.6 Å². The summed E-state index contributed by atoms with van der Waals surface area (Å²) in [6.07, 6.45) is 0. The topological polar surface area (TPSA) is 80.9 Å². The van der Waals surface area contributed by atoms with Crippen molar-refractivity contribution in [2.45, 2.75) is 30.6 Å². The van der Waals surface area contributed by atoms with E-state index in [1.807, 2.05) is 20.8 Å². The molecule has 0 amide bonds. The molecule has 8 heteroatoms. The van der Waals surface area contributed by atoms with Crippen molar-refractivity contribution < 1.29 is 19.1 Å². The van der Waals surface area contributed by atoms with E-state index in [-0.39, 0.29) is 5.41 Å². The lowest BCUT2D eigenvalue weighted by Crippen LogP contribution is -2.22. The van der Waals surface area contributed by atoms with Gasteiger partial charge in [-0.05, 0) is 0 Å². The number of benzene rings is 1. The van der Waals surface area contributed by atoms with Gasteiger partial charge in [0.1, 0.15) is 23.1 Å². The fourth-order valence-corrected chi connectivity index (χ4v) is 5.26. The molecule has 130 valence electrons. The number of oxime groups is 1. The van der Waals surface area contributed by atoms with E-state index in [1.165, 1.54) is 30.6 Å². The highest BCUT2D eigenvalue weighted by Crippen LogP contribution is 2.60. The van der Waals surface area contributed by atoms with Gasteiger partial charge in [-0.25, -0.2) is 4.79 Å². The van der Waals surface area contributed by atoms with Crippen LogP contribution in [0.25, 0.3) is 0 Å². The van der Waals surface area contributed by atoms with E-state index in [0.717, 1.165) is 14.0 Å². The maximum Gasteiger partial charge on any atom is 0.369 e. The standard InChI is InChI=1S/C17H16N2O4S2/c1-17(2,3)14-10(15(20)23-19-14)16-24-12-9(21-4)6-8(7-18)11(22-5)13(12)25-16/h6H,1-5H3/b16-10-. The van der Waals surface area contributed by atoms with Gasteiger partial charge in [-0.3, -0.25) is 0 Å². The second-order valence-corrected chi connectivity index (χ2v) is 8.66. The molecule has 0 saturated heterocycles. The molecule has 0 atom stereocenters. The highest BCUT2D eigenvalue weighted by atomic mass is 32.2. The number of carbonyl (C=O) groups is 1. The van der Waals surface area contributed by atoms with E-state index in [9.17, 15) is 10.1 Å². The zero-order chi connectivity index (χ0) is 18.4. The van der Waals surface area contributed by atoms with Gasteiger partial charge in [-0.2, -0.15) is 5.26 Å². The molecule has 1 aromatic rings. The predicted octanol–water partition coefficient (Wildman–Crippen LogP) is 3.94. The van der Waals surface area contributed by atoms with Crippen molar-refractivity contribution in [1.29, 1.82) is 5.26 Å². The fraction of sp³-hybridized carbons (Fsp3) is 0.353. The Morgan fingerprint density at radius 1 is 1.20 bits per heavy atom. The number of fused-ring (bicyclic) bond motifs is 1. The summed E-state index contributed by atoms with van der Waals surface area (Å²) in [4.78, 5) is 18.8. The molecule has 0 bridgehead atoms. The molecule has 2 aliphatic heterocycles. The van der Waals surface area contributed by atoms with Gasteiger partial charge in [0.25, 0.3) is 0 Å². The number of hydrogen-bond acceptors (Lipinski definition) is 8. The Morgan fingerprint density at radius 3 is 2.44 bits per heavy atom. The molecule has 0 spiro atoms. The van der Waals surface area contributed by atoms with E-state index in [1.54, 1.807) is 13.2 Å². The number of nitrogens with zero attached hydrogens (tertiary/aromatic N) is 2. The smallest absolute Gasteiger partial charge is 0.369 e. The molecule has 0 aliphatic carbocycles. The summed E-state index contributed by atoms with van der Waals surface area (Å²) in [5.41, 5.74) is 1.12. The number of methoxy groups -OCH3 is 2. The Kier molecular flexibility index (Phi) is 4.47. The van der Waals surface area contributed by atoms with Crippen LogP contribution in [0.5, 0.6) is 11.5 Å². The Hall–Kier alpha value is -2.11. The summed E-state index contributed by atoms with van der Waals surface area (Å²) in [6.45, 7) is 5.92. The first kappa shape index (κ1) is 17.7. The third-order valence-corrected chi connectivity index (χ3v) is 6.28. The molecule has 1 aromatic carbocycles. The summed E-state index contributed by atoms with van der Waals surface area (Å²) >= 11 is 2.78. The average Bonchev–Trinajstić information content (AvgIpc) is 3.15. The minimum absolute atomic E-state index is 0.337. The predicted molar refractivity (Wildman–Crippen MR) is 96.0 cm³/mol. The number of hydrogen-bond donors (Lipinski definition) is 0. The Labute approximate surface area is 154 Å². The van der Waals surface area contributed by atoms with Crippen LogP contribution in [0.4, 0.5) is 0 Å². The molecule has 0 aromatic heterocycles. The van der Waals surface area contributed by atoms with Gasteiger partial charge in [-0.1, -0.05) is 49.5 Å². The Bertz CT molecular complexity index is 876. The van der Waals surface area contributed by atoms with Crippen LogP contribution in [0.1, 0.15) is 26.3 Å². The SMILES string of the molecule is COc1cc(C#N)c(OC)c2c1S/C(=C1/C(=O)ON=C1C(C)(C)C)S2. The second kappa shape index (κ2) is 6.32. The molecule has 2 heterocycles. The van der Waals surface area contributed by atoms with E-state index < -0.39 is 5.97 Å². The average molecular weight is 376 g/mol. The monoisotopic (exact) mass is 376 g/mol. The zero-order valence-corrected chi connectivity index (χ0v) is 16.1. The largest absolute Gasteiger partial charge is 0.495 e. The first-order valence-electron chi connectivity index (χ1n) is 7.41. The first-order valence-corrected chi connectivity index (χ1v) is 9.04. The quantitative estimate of drug-likeness (QED) is 0.571. The van der Waals surface area contributed by atoms with E-state index in [2.05, 4.69) is 11.2 Å². The maximum atomic E-state index is 12.3. The molecule has 6 nitrogen and oxygen atoms in total. The molecule has 2 aliphatic rings. The van der Waals surface area contributed by atoms with Crippen LogP contribution in [0.15, 0.2) is 30.8 Å². The summed E-state index contributed by atoms with van der Waals surface area (Å²) in [6, 6.07) is 3.76. The van der Waals surface area contributed by atoms with E-state index >= 15 is 0 Å². The van der Waals surface area contributed by atoms with Crippen molar-refractivity contribution in [2.75, 3.05) is 14.2 Å². The van der Waals surface area contributed by atoms with Gasteiger partial charge >= 0.3 is 5.97 Å². The molecule has 3 rings (SSSR count). The summed E-state index contributed by atoms with van der Waals surface area (Å²) in [5, 5.41) is 13.3. The maximum absolute atomic E-state index is 12.3. The lowest BCUT2D eigenvalue weighted by atomic mass is 9.86. The minimum Gasteiger partial charge on any atom is -0.495 e. The normalized spacial score (nSPS) is 19.2. The molecule has 0 unspecified atom stereocenters. The third kappa shape index (κ3) is 2.87. The Balaban J connectivity index is 2.17. The number of thioether (sulfide) groups is 2. The van der Waals surface area contributed by atoms with Crippen LogP contribution >= 0.6 is 23.5 Å². The fourth-order valence-electron chi connectivity index (χ4n) is 2.50. The minimum atomic E-state index is -0.467. The third-order valence-electron chi connectivity index (χ3n) is 3.67. The van der Waals surface area contributed by atoms with E-state index in [4.69, 9.17) is 14.3 Å². The van der Waals surface area contributed by atoms with Gasteiger partial charge < -0.3 is 14.3 Å². The molecule has 0 fully saturated rings. The van der Waals surface area contributed by atoms with Gasteiger partial charge in [0.15, 0.2) is 5.75 Å².